The summed E-state index contributed by atoms with van der Waals surface area (Å²) in [5, 5.41) is 5.00. The predicted octanol–water partition coefficient (Wildman–Crippen LogP) is 15.9. The van der Waals surface area contributed by atoms with Gasteiger partial charge in [-0.3, -0.25) is 0 Å². The molecule has 60 heavy (non-hydrogen) atoms. The number of hydrogen-bond acceptors (Lipinski definition) is 0. The second-order valence-corrected chi connectivity index (χ2v) is 16.0. The highest BCUT2D eigenvalue weighted by Crippen LogP contribution is 2.40. The fourth-order valence-corrected chi connectivity index (χ4v) is 9.24. The van der Waals surface area contributed by atoms with Crippen molar-refractivity contribution in [3.05, 3.63) is 218 Å². The molecule has 0 bridgehead atoms. The summed E-state index contributed by atoms with van der Waals surface area (Å²) in [4.78, 5) is 0. The molecule has 0 aliphatic heterocycles. The van der Waals surface area contributed by atoms with Crippen LogP contribution in [0.1, 0.15) is 25.3 Å². The van der Waals surface area contributed by atoms with Crippen molar-refractivity contribution >= 4 is 43.6 Å². The van der Waals surface area contributed by atoms with Crippen molar-refractivity contribution in [1.29, 1.82) is 0 Å². The molecular formula is C58H44N2. The van der Waals surface area contributed by atoms with Gasteiger partial charge in [-0.1, -0.05) is 159 Å². The molecule has 0 aliphatic rings. The first-order valence-corrected chi connectivity index (χ1v) is 21.2. The zero-order chi connectivity index (χ0) is 40.0. The van der Waals surface area contributed by atoms with E-state index in [9.17, 15) is 0 Å². The van der Waals surface area contributed by atoms with E-state index in [1.165, 1.54) is 107 Å². The molecule has 2 heterocycles. The third kappa shape index (κ3) is 6.29. The molecule has 0 atom stereocenters. The summed E-state index contributed by atoms with van der Waals surface area (Å²) in [6, 6.07) is 78.2. The standard InChI is InChI=1S/C58H44N2/c1-2-3-14-40-23-25-44(26-24-40)48-35-47(42-17-8-5-9-18-42)36-50(37-48)60-56-22-13-11-20-52(56)54-39-46(30-34-58(54)60)45-29-33-57-53(38-45)51-19-10-12-21-55(51)59(57)49-31-27-43(28-32-49)41-15-6-4-7-16-41/h4-13,15-39H,2-3,14H2,1H3. The largest absolute Gasteiger partial charge is 0.309 e. The maximum Gasteiger partial charge on any atom is 0.0541 e. The Morgan fingerprint density at radius 3 is 1.27 bits per heavy atom. The molecule has 0 saturated carbocycles. The predicted molar refractivity (Wildman–Crippen MR) is 255 cm³/mol. The molecule has 2 nitrogen and oxygen atoms in total. The van der Waals surface area contributed by atoms with Crippen LogP contribution in [0, 0.1) is 0 Å². The molecule has 11 aromatic rings. The van der Waals surface area contributed by atoms with Crippen LogP contribution in [-0.2, 0) is 6.42 Å². The van der Waals surface area contributed by atoms with E-state index in [1.54, 1.807) is 0 Å². The summed E-state index contributed by atoms with van der Waals surface area (Å²) in [5.74, 6) is 0. The molecule has 286 valence electrons. The Morgan fingerprint density at radius 2 is 0.717 bits per heavy atom. The Morgan fingerprint density at radius 1 is 0.300 bits per heavy atom. The van der Waals surface area contributed by atoms with Crippen LogP contribution in [-0.4, -0.2) is 9.13 Å². The van der Waals surface area contributed by atoms with Crippen molar-refractivity contribution in [1.82, 2.24) is 9.13 Å². The molecule has 0 amide bonds. The lowest BCUT2D eigenvalue weighted by Crippen LogP contribution is -1.96. The minimum absolute atomic E-state index is 1.12. The van der Waals surface area contributed by atoms with Gasteiger partial charge in [0.1, 0.15) is 0 Å². The lowest BCUT2D eigenvalue weighted by Gasteiger charge is -2.14. The van der Waals surface area contributed by atoms with Crippen molar-refractivity contribution in [2.45, 2.75) is 26.2 Å². The summed E-state index contributed by atoms with van der Waals surface area (Å²) in [6.45, 7) is 2.26. The first-order chi connectivity index (χ1) is 29.7. The van der Waals surface area contributed by atoms with Crippen LogP contribution >= 0.6 is 0 Å². The van der Waals surface area contributed by atoms with E-state index < -0.39 is 0 Å². The molecule has 0 spiro atoms. The number of unbranched alkanes of at least 4 members (excludes halogenated alkanes) is 1. The van der Waals surface area contributed by atoms with E-state index in [2.05, 4.69) is 228 Å². The molecule has 0 radical (unpaired) electrons. The van der Waals surface area contributed by atoms with E-state index in [-0.39, 0.29) is 0 Å². The Labute approximate surface area is 351 Å². The van der Waals surface area contributed by atoms with E-state index in [0.29, 0.717) is 0 Å². The van der Waals surface area contributed by atoms with Crippen LogP contribution in [0.4, 0.5) is 0 Å². The van der Waals surface area contributed by atoms with E-state index in [1.807, 2.05) is 0 Å². The fraction of sp³-hybridized carbons (Fsp3) is 0.0690. The Bertz CT molecular complexity index is 3310. The van der Waals surface area contributed by atoms with Gasteiger partial charge in [-0.15, -0.1) is 0 Å². The van der Waals surface area contributed by atoms with Gasteiger partial charge in [0.2, 0.25) is 0 Å². The molecule has 0 saturated heterocycles. The first-order valence-electron chi connectivity index (χ1n) is 21.2. The van der Waals surface area contributed by atoms with Crippen molar-refractivity contribution in [2.75, 3.05) is 0 Å². The molecule has 0 aliphatic carbocycles. The Hall–Kier alpha value is -7.42. The smallest absolute Gasteiger partial charge is 0.0541 e. The molecule has 9 aromatic carbocycles. The van der Waals surface area contributed by atoms with Gasteiger partial charge in [0.15, 0.2) is 0 Å². The zero-order valence-corrected chi connectivity index (χ0v) is 33.7. The number of rotatable bonds is 9. The van der Waals surface area contributed by atoms with Gasteiger partial charge in [0.25, 0.3) is 0 Å². The van der Waals surface area contributed by atoms with Crippen LogP contribution in [0.2, 0.25) is 0 Å². The highest BCUT2D eigenvalue weighted by atomic mass is 15.0. The van der Waals surface area contributed by atoms with Gasteiger partial charge in [-0.2, -0.15) is 0 Å². The van der Waals surface area contributed by atoms with Crippen molar-refractivity contribution in [2.24, 2.45) is 0 Å². The maximum absolute atomic E-state index is 2.46. The number of aryl methyl sites for hydroxylation is 1. The van der Waals surface area contributed by atoms with Gasteiger partial charge in [-0.05, 0) is 130 Å². The van der Waals surface area contributed by atoms with Crippen LogP contribution in [0.3, 0.4) is 0 Å². The van der Waals surface area contributed by atoms with Gasteiger partial charge >= 0.3 is 0 Å². The second-order valence-electron chi connectivity index (χ2n) is 16.0. The first kappa shape index (κ1) is 35.7. The summed E-state index contributed by atoms with van der Waals surface area (Å²) in [7, 11) is 0. The molecule has 0 fully saturated rings. The van der Waals surface area contributed by atoms with E-state index >= 15 is 0 Å². The zero-order valence-electron chi connectivity index (χ0n) is 33.7. The number of fused-ring (bicyclic) bond motifs is 6. The fourth-order valence-electron chi connectivity index (χ4n) is 9.24. The monoisotopic (exact) mass is 768 g/mol. The number of nitrogens with zero attached hydrogens (tertiary/aromatic N) is 2. The lowest BCUT2D eigenvalue weighted by molar-refractivity contribution is 0.795. The SMILES string of the molecule is CCCCc1ccc(-c2cc(-c3ccccc3)cc(-n3c4ccccc4c4cc(-c5ccc6c(c5)c5ccccc5n6-c5ccc(-c6ccccc6)cc5)ccc43)c2)cc1. The number of aromatic nitrogens is 2. The molecule has 2 heteroatoms. The quantitative estimate of drug-likeness (QED) is 0.138. The molecule has 0 unspecified atom stereocenters. The maximum atomic E-state index is 2.46. The van der Waals surface area contributed by atoms with Crippen molar-refractivity contribution < 1.29 is 0 Å². The van der Waals surface area contributed by atoms with Crippen LogP contribution in [0.15, 0.2) is 212 Å². The average Bonchev–Trinajstić information content (AvgIpc) is 3.84. The molecule has 2 aromatic heterocycles. The normalized spacial score (nSPS) is 11.6. The van der Waals surface area contributed by atoms with Crippen LogP contribution in [0.5, 0.6) is 0 Å². The van der Waals surface area contributed by atoms with Gasteiger partial charge in [0, 0.05) is 32.9 Å². The highest BCUT2D eigenvalue weighted by Gasteiger charge is 2.17. The van der Waals surface area contributed by atoms with Gasteiger partial charge < -0.3 is 9.13 Å². The summed E-state index contributed by atoms with van der Waals surface area (Å²) >= 11 is 0. The van der Waals surface area contributed by atoms with Crippen molar-refractivity contribution in [3.63, 3.8) is 0 Å². The summed E-state index contributed by atoms with van der Waals surface area (Å²) < 4.78 is 4.86. The lowest BCUT2D eigenvalue weighted by atomic mass is 9.96. The Kier molecular flexibility index (Phi) is 8.97. The Balaban J connectivity index is 1.03. The minimum atomic E-state index is 1.12. The highest BCUT2D eigenvalue weighted by molar-refractivity contribution is 6.13. The van der Waals surface area contributed by atoms with Crippen molar-refractivity contribution in [3.8, 4) is 55.9 Å². The topological polar surface area (TPSA) is 9.86 Å². The average molecular weight is 769 g/mol. The van der Waals surface area contributed by atoms with E-state index in [0.717, 1.165) is 17.8 Å². The second kappa shape index (κ2) is 15.1. The van der Waals surface area contributed by atoms with Crippen LogP contribution in [0.25, 0.3) is 99.5 Å². The number of para-hydroxylation sites is 2. The van der Waals surface area contributed by atoms with Gasteiger partial charge in [-0.25, -0.2) is 0 Å². The third-order valence-electron chi connectivity index (χ3n) is 12.3. The van der Waals surface area contributed by atoms with Gasteiger partial charge in [0.05, 0.1) is 22.1 Å². The molecule has 11 rings (SSSR count). The van der Waals surface area contributed by atoms with Crippen LogP contribution < -0.4 is 0 Å². The molecule has 0 N–H and O–H groups in total. The summed E-state index contributed by atoms with van der Waals surface area (Å²) in [5.41, 5.74) is 18.3. The summed E-state index contributed by atoms with van der Waals surface area (Å²) in [6.07, 6.45) is 3.54. The molecular weight excluding hydrogens is 725 g/mol. The van der Waals surface area contributed by atoms with E-state index in [4.69, 9.17) is 0 Å². The number of benzene rings is 9. The number of hydrogen-bond donors (Lipinski definition) is 0. The minimum Gasteiger partial charge on any atom is -0.309 e. The third-order valence-corrected chi connectivity index (χ3v) is 12.3.